The van der Waals surface area contributed by atoms with Crippen LogP contribution in [0.4, 0.5) is 0 Å². The van der Waals surface area contributed by atoms with Gasteiger partial charge in [-0.15, -0.1) is 12.6 Å². The number of thiol groups is 1. The number of aromatic carboxylic acids is 1. The molecule has 0 aliphatic carbocycles. The average Bonchev–Trinajstić information content (AvgIpc) is 2.17. The molecular formula is C9H8N2O2S. The number of hydrogen-bond donors (Lipinski definition) is 3. The fourth-order valence-electron chi connectivity index (χ4n) is 1.16. The summed E-state index contributed by atoms with van der Waals surface area (Å²) in [6.07, 6.45) is 0. The summed E-state index contributed by atoms with van der Waals surface area (Å²) >= 11 is 4.00. The average molecular weight is 208 g/mol. The minimum atomic E-state index is -1.15. The second-order valence-electron chi connectivity index (χ2n) is 2.61. The maximum atomic E-state index is 10.9. The molecule has 1 aromatic rings. The summed E-state index contributed by atoms with van der Waals surface area (Å²) in [4.78, 5) is 11.2. The van der Waals surface area contributed by atoms with E-state index in [2.05, 4.69) is 12.6 Å². The van der Waals surface area contributed by atoms with Gasteiger partial charge in [0.1, 0.15) is 6.07 Å². The zero-order valence-corrected chi connectivity index (χ0v) is 8.08. The van der Waals surface area contributed by atoms with Gasteiger partial charge in [0.05, 0.1) is 11.1 Å². The summed E-state index contributed by atoms with van der Waals surface area (Å²) in [5.74, 6) is -1.15. The van der Waals surface area contributed by atoms with Gasteiger partial charge in [0.25, 0.3) is 0 Å². The summed E-state index contributed by atoms with van der Waals surface area (Å²) < 4.78 is 0. The van der Waals surface area contributed by atoms with E-state index in [0.29, 0.717) is 10.5 Å². The Kier molecular flexibility index (Phi) is 3.12. The van der Waals surface area contributed by atoms with Crippen LogP contribution in [0, 0.1) is 11.3 Å². The van der Waals surface area contributed by atoms with Crippen molar-refractivity contribution in [2.75, 3.05) is 0 Å². The van der Waals surface area contributed by atoms with Crippen molar-refractivity contribution in [1.82, 2.24) is 0 Å². The van der Waals surface area contributed by atoms with Crippen LogP contribution in [0.5, 0.6) is 0 Å². The van der Waals surface area contributed by atoms with E-state index in [1.165, 1.54) is 0 Å². The van der Waals surface area contributed by atoms with E-state index in [9.17, 15) is 4.79 Å². The zero-order chi connectivity index (χ0) is 10.7. The number of carboxylic acids is 1. The van der Waals surface area contributed by atoms with Crippen molar-refractivity contribution in [2.24, 2.45) is 5.73 Å². The quantitative estimate of drug-likeness (QED) is 0.633. The topological polar surface area (TPSA) is 87.1 Å². The van der Waals surface area contributed by atoms with Gasteiger partial charge in [-0.25, -0.2) is 4.79 Å². The summed E-state index contributed by atoms with van der Waals surface area (Å²) in [6.45, 7) is 0.0877. The van der Waals surface area contributed by atoms with E-state index in [-0.39, 0.29) is 17.7 Å². The first-order valence-electron chi connectivity index (χ1n) is 3.80. The molecule has 0 aromatic heterocycles. The van der Waals surface area contributed by atoms with Crippen LogP contribution in [-0.4, -0.2) is 11.1 Å². The van der Waals surface area contributed by atoms with E-state index in [4.69, 9.17) is 16.1 Å². The predicted molar refractivity (Wildman–Crippen MR) is 53.3 cm³/mol. The molecule has 1 aromatic carbocycles. The molecule has 72 valence electrons. The van der Waals surface area contributed by atoms with Crippen molar-refractivity contribution >= 4 is 18.6 Å². The monoisotopic (exact) mass is 208 g/mol. The Bertz CT molecular complexity index is 424. The van der Waals surface area contributed by atoms with Crippen LogP contribution in [0.25, 0.3) is 0 Å². The van der Waals surface area contributed by atoms with E-state index < -0.39 is 5.97 Å². The lowest BCUT2D eigenvalue weighted by atomic mass is 10.0. The largest absolute Gasteiger partial charge is 0.478 e. The number of nitrogens with two attached hydrogens (primary N) is 1. The van der Waals surface area contributed by atoms with E-state index in [0.717, 1.165) is 0 Å². The highest BCUT2D eigenvalue weighted by Crippen LogP contribution is 2.21. The molecule has 5 heteroatoms. The van der Waals surface area contributed by atoms with Gasteiger partial charge < -0.3 is 10.8 Å². The number of hydrogen-bond acceptors (Lipinski definition) is 4. The first-order chi connectivity index (χ1) is 6.61. The Hall–Kier alpha value is -1.51. The smallest absolute Gasteiger partial charge is 0.337 e. The second-order valence-corrected chi connectivity index (χ2v) is 3.10. The van der Waals surface area contributed by atoms with Gasteiger partial charge in [0, 0.05) is 11.4 Å². The summed E-state index contributed by atoms with van der Waals surface area (Å²) in [7, 11) is 0. The highest BCUT2D eigenvalue weighted by atomic mass is 32.1. The van der Waals surface area contributed by atoms with Crippen LogP contribution in [0.2, 0.25) is 0 Å². The fourth-order valence-corrected chi connectivity index (χ4v) is 1.40. The molecule has 0 radical (unpaired) electrons. The Morgan fingerprint density at radius 1 is 1.64 bits per heavy atom. The molecule has 0 heterocycles. The summed E-state index contributed by atoms with van der Waals surface area (Å²) in [5.41, 5.74) is 5.81. The number of nitrogens with zero attached hydrogens (tertiary/aromatic N) is 1. The molecule has 14 heavy (non-hydrogen) atoms. The maximum Gasteiger partial charge on any atom is 0.337 e. The standard InChI is InChI=1S/C9H8N2O2S/c10-3-5-1-2-7(14)6(4-11)8(5)9(12)13/h1-2,14H,3,10H2,(H,12,13). The number of carbonyl (C=O) groups is 1. The first-order valence-corrected chi connectivity index (χ1v) is 4.24. The predicted octanol–water partition coefficient (Wildman–Crippen LogP) is 1.00. The molecule has 0 spiro atoms. The van der Waals surface area contributed by atoms with Crippen LogP contribution >= 0.6 is 12.6 Å². The highest BCUT2D eigenvalue weighted by Gasteiger charge is 2.16. The third kappa shape index (κ3) is 1.71. The Morgan fingerprint density at radius 3 is 2.71 bits per heavy atom. The number of carboxylic acid groups (broad SMARTS) is 1. The molecule has 0 bridgehead atoms. The van der Waals surface area contributed by atoms with Crippen molar-refractivity contribution in [2.45, 2.75) is 11.4 Å². The zero-order valence-electron chi connectivity index (χ0n) is 7.19. The molecule has 0 saturated heterocycles. The second kappa shape index (κ2) is 4.13. The molecule has 0 aliphatic heterocycles. The van der Waals surface area contributed by atoms with Gasteiger partial charge in [-0.05, 0) is 11.6 Å². The Balaban J connectivity index is 3.54. The Morgan fingerprint density at radius 2 is 2.29 bits per heavy atom. The SMILES string of the molecule is N#Cc1c(S)ccc(CN)c1C(=O)O. The highest BCUT2D eigenvalue weighted by molar-refractivity contribution is 7.80. The van der Waals surface area contributed by atoms with E-state index in [1.54, 1.807) is 12.1 Å². The molecule has 0 unspecified atom stereocenters. The van der Waals surface area contributed by atoms with Crippen LogP contribution in [0.3, 0.4) is 0 Å². The minimum absolute atomic E-state index is 0.0532. The van der Waals surface area contributed by atoms with Gasteiger partial charge >= 0.3 is 5.97 Å². The molecule has 4 nitrogen and oxygen atoms in total. The molecule has 1 rings (SSSR count). The molecule has 0 amide bonds. The minimum Gasteiger partial charge on any atom is -0.478 e. The number of benzene rings is 1. The van der Waals surface area contributed by atoms with Crippen LogP contribution in [-0.2, 0) is 6.54 Å². The van der Waals surface area contributed by atoms with Gasteiger partial charge in [-0.3, -0.25) is 0 Å². The first kappa shape index (κ1) is 10.6. The summed E-state index contributed by atoms with van der Waals surface area (Å²) in [5, 5.41) is 17.7. The van der Waals surface area contributed by atoms with Crippen molar-refractivity contribution in [3.63, 3.8) is 0 Å². The number of nitriles is 1. The van der Waals surface area contributed by atoms with Crippen LogP contribution in [0.15, 0.2) is 17.0 Å². The third-order valence-electron chi connectivity index (χ3n) is 1.82. The van der Waals surface area contributed by atoms with Crippen LogP contribution < -0.4 is 5.73 Å². The lowest BCUT2D eigenvalue weighted by Gasteiger charge is -2.06. The van der Waals surface area contributed by atoms with Crippen LogP contribution in [0.1, 0.15) is 21.5 Å². The summed E-state index contributed by atoms with van der Waals surface area (Å²) in [6, 6.07) is 4.94. The third-order valence-corrected chi connectivity index (χ3v) is 2.19. The molecule has 3 N–H and O–H groups in total. The van der Waals surface area contributed by atoms with E-state index in [1.807, 2.05) is 6.07 Å². The fraction of sp³-hybridized carbons (Fsp3) is 0.111. The molecule has 0 aliphatic rings. The van der Waals surface area contributed by atoms with Gasteiger partial charge in [0.15, 0.2) is 0 Å². The van der Waals surface area contributed by atoms with Crippen molar-refractivity contribution in [3.05, 3.63) is 28.8 Å². The molecule has 0 atom stereocenters. The lowest BCUT2D eigenvalue weighted by molar-refractivity contribution is 0.0695. The van der Waals surface area contributed by atoms with Gasteiger partial charge in [-0.2, -0.15) is 5.26 Å². The van der Waals surface area contributed by atoms with Crippen molar-refractivity contribution in [1.29, 1.82) is 5.26 Å². The van der Waals surface area contributed by atoms with Gasteiger partial charge in [-0.1, -0.05) is 6.07 Å². The maximum absolute atomic E-state index is 10.9. The number of rotatable bonds is 2. The Labute approximate surface area is 86.4 Å². The lowest BCUT2D eigenvalue weighted by Crippen LogP contribution is -2.09. The normalized spacial score (nSPS) is 9.50. The van der Waals surface area contributed by atoms with E-state index >= 15 is 0 Å². The van der Waals surface area contributed by atoms with Crippen molar-refractivity contribution in [3.8, 4) is 6.07 Å². The molecule has 0 saturated carbocycles. The molecular weight excluding hydrogens is 200 g/mol. The molecule has 0 fully saturated rings. The van der Waals surface area contributed by atoms with Crippen molar-refractivity contribution < 1.29 is 9.90 Å². The van der Waals surface area contributed by atoms with Gasteiger partial charge in [0.2, 0.25) is 0 Å².